The summed E-state index contributed by atoms with van der Waals surface area (Å²) >= 11 is 0. The van der Waals surface area contributed by atoms with Crippen molar-refractivity contribution >= 4 is 5.78 Å². The van der Waals surface area contributed by atoms with Crippen molar-refractivity contribution in [3.05, 3.63) is 0 Å². The molecule has 3 nitrogen and oxygen atoms in total. The first-order chi connectivity index (χ1) is 9.82. The minimum Gasteiger partial charge on any atom is -0.319 e. The zero-order chi connectivity index (χ0) is 15.5. The lowest BCUT2D eigenvalue weighted by atomic mass is 9.76. The zero-order valence-electron chi connectivity index (χ0n) is 14.2. The summed E-state index contributed by atoms with van der Waals surface area (Å²) in [5.41, 5.74) is 6.12. The smallest absolute Gasteiger partial charge is 0.157 e. The minimum atomic E-state index is -0.548. The van der Waals surface area contributed by atoms with E-state index in [9.17, 15) is 4.79 Å². The highest BCUT2D eigenvalue weighted by atomic mass is 16.1. The third-order valence-corrected chi connectivity index (χ3v) is 5.21. The molecule has 3 N–H and O–H groups in total. The van der Waals surface area contributed by atoms with E-state index in [2.05, 4.69) is 26.1 Å². The summed E-state index contributed by atoms with van der Waals surface area (Å²) < 4.78 is 0. The third kappa shape index (κ3) is 4.53. The fourth-order valence-corrected chi connectivity index (χ4v) is 4.15. The fourth-order valence-electron chi connectivity index (χ4n) is 4.15. The standard InChI is InChI=1S/C18H34N2O/c1-17(2,3)20-15-11-9-10-14(15)16(21)18(19)12-7-5-4-6-8-13-18/h14-15,20H,4-13,19H2,1-3H3/t14?,15-/m0/s1. The van der Waals surface area contributed by atoms with Crippen molar-refractivity contribution in [2.45, 2.75) is 102 Å². The fraction of sp³-hybridized carbons (Fsp3) is 0.944. The molecule has 0 amide bonds. The van der Waals surface area contributed by atoms with E-state index in [0.717, 1.165) is 44.9 Å². The van der Waals surface area contributed by atoms with Gasteiger partial charge in [0.05, 0.1) is 5.54 Å². The van der Waals surface area contributed by atoms with Crippen LogP contribution in [0.4, 0.5) is 0 Å². The highest BCUT2D eigenvalue weighted by molar-refractivity contribution is 5.91. The Kier molecular flexibility index (Phi) is 5.48. The van der Waals surface area contributed by atoms with Crippen molar-refractivity contribution in [3.8, 4) is 0 Å². The van der Waals surface area contributed by atoms with Gasteiger partial charge in [-0.15, -0.1) is 0 Å². The van der Waals surface area contributed by atoms with Crippen LogP contribution in [-0.2, 0) is 4.79 Å². The van der Waals surface area contributed by atoms with E-state index in [1.54, 1.807) is 0 Å². The monoisotopic (exact) mass is 294 g/mol. The zero-order valence-corrected chi connectivity index (χ0v) is 14.2. The number of nitrogens with one attached hydrogen (secondary N) is 1. The molecular formula is C18H34N2O. The number of nitrogens with two attached hydrogens (primary N) is 1. The summed E-state index contributed by atoms with van der Waals surface area (Å²) in [6.45, 7) is 6.54. The van der Waals surface area contributed by atoms with Gasteiger partial charge in [-0.3, -0.25) is 4.79 Å². The lowest BCUT2D eigenvalue weighted by Gasteiger charge is -2.36. The second-order valence-electron chi connectivity index (χ2n) is 8.33. The topological polar surface area (TPSA) is 55.1 Å². The molecule has 0 spiro atoms. The molecule has 0 aromatic carbocycles. The van der Waals surface area contributed by atoms with Gasteiger partial charge in [0.2, 0.25) is 0 Å². The lowest BCUT2D eigenvalue weighted by molar-refractivity contribution is -0.129. The summed E-state index contributed by atoms with van der Waals surface area (Å²) in [6.07, 6.45) is 11.1. The van der Waals surface area contributed by atoms with E-state index >= 15 is 0 Å². The van der Waals surface area contributed by atoms with Crippen molar-refractivity contribution in [3.63, 3.8) is 0 Å². The molecule has 0 aliphatic heterocycles. The maximum absolute atomic E-state index is 13.1. The summed E-state index contributed by atoms with van der Waals surface area (Å²) in [6, 6.07) is 0.323. The molecule has 0 aromatic rings. The molecule has 2 rings (SSSR count). The first-order valence-corrected chi connectivity index (χ1v) is 8.93. The molecule has 2 aliphatic rings. The Hall–Kier alpha value is -0.410. The van der Waals surface area contributed by atoms with Gasteiger partial charge in [-0.05, 0) is 46.5 Å². The summed E-state index contributed by atoms with van der Waals surface area (Å²) in [4.78, 5) is 13.1. The van der Waals surface area contributed by atoms with E-state index in [1.807, 2.05) is 0 Å². The second-order valence-corrected chi connectivity index (χ2v) is 8.33. The van der Waals surface area contributed by atoms with Crippen molar-refractivity contribution in [2.75, 3.05) is 0 Å². The molecule has 21 heavy (non-hydrogen) atoms. The van der Waals surface area contributed by atoms with Gasteiger partial charge in [0.15, 0.2) is 5.78 Å². The molecule has 0 saturated heterocycles. The normalized spacial score (nSPS) is 30.7. The molecule has 0 aromatic heterocycles. The Labute approximate surface area is 130 Å². The number of ketones is 1. The summed E-state index contributed by atoms with van der Waals surface area (Å²) in [5, 5.41) is 3.66. The van der Waals surface area contributed by atoms with Crippen LogP contribution in [0.2, 0.25) is 0 Å². The number of Topliss-reactive ketones (excluding diaryl/α,β-unsaturated/α-hetero) is 1. The van der Waals surface area contributed by atoms with Gasteiger partial charge in [0, 0.05) is 17.5 Å². The Morgan fingerprint density at radius 3 is 2.14 bits per heavy atom. The minimum absolute atomic E-state index is 0.0657. The van der Waals surface area contributed by atoms with Crippen LogP contribution < -0.4 is 11.1 Å². The lowest BCUT2D eigenvalue weighted by Crippen LogP contribution is -2.55. The van der Waals surface area contributed by atoms with E-state index in [-0.39, 0.29) is 11.5 Å². The summed E-state index contributed by atoms with van der Waals surface area (Å²) in [5.74, 6) is 0.484. The van der Waals surface area contributed by atoms with E-state index in [1.165, 1.54) is 19.3 Å². The number of carbonyl (C=O) groups is 1. The molecule has 0 radical (unpaired) electrons. The van der Waals surface area contributed by atoms with E-state index < -0.39 is 5.54 Å². The van der Waals surface area contributed by atoms with Gasteiger partial charge in [-0.1, -0.05) is 38.5 Å². The van der Waals surface area contributed by atoms with Crippen molar-refractivity contribution in [1.82, 2.24) is 5.32 Å². The second kappa shape index (κ2) is 6.78. The largest absolute Gasteiger partial charge is 0.319 e. The van der Waals surface area contributed by atoms with Gasteiger partial charge < -0.3 is 11.1 Å². The average molecular weight is 294 g/mol. The summed E-state index contributed by atoms with van der Waals surface area (Å²) in [7, 11) is 0. The van der Waals surface area contributed by atoms with Gasteiger partial charge in [-0.2, -0.15) is 0 Å². The van der Waals surface area contributed by atoms with Crippen LogP contribution in [0.25, 0.3) is 0 Å². The first kappa shape index (κ1) is 17.0. The Balaban J connectivity index is 2.05. The Morgan fingerprint density at radius 2 is 1.57 bits per heavy atom. The predicted molar refractivity (Wildman–Crippen MR) is 88.3 cm³/mol. The van der Waals surface area contributed by atoms with Crippen LogP contribution in [0.1, 0.15) is 85.0 Å². The third-order valence-electron chi connectivity index (χ3n) is 5.21. The van der Waals surface area contributed by atoms with Crippen LogP contribution in [-0.4, -0.2) is 22.9 Å². The van der Waals surface area contributed by atoms with Crippen molar-refractivity contribution < 1.29 is 4.79 Å². The maximum Gasteiger partial charge on any atom is 0.157 e. The molecule has 0 heterocycles. The molecule has 2 fully saturated rings. The predicted octanol–water partition coefficient (Wildman–Crippen LogP) is 3.55. The number of rotatable bonds is 3. The molecular weight excluding hydrogens is 260 g/mol. The van der Waals surface area contributed by atoms with Crippen molar-refractivity contribution in [1.29, 1.82) is 0 Å². The van der Waals surface area contributed by atoms with Gasteiger partial charge in [-0.25, -0.2) is 0 Å². The number of hydrogen-bond acceptors (Lipinski definition) is 3. The van der Waals surface area contributed by atoms with Gasteiger partial charge >= 0.3 is 0 Å². The Morgan fingerprint density at radius 1 is 1.00 bits per heavy atom. The van der Waals surface area contributed by atoms with Crippen LogP contribution in [0.5, 0.6) is 0 Å². The highest BCUT2D eigenvalue weighted by Gasteiger charge is 2.43. The SMILES string of the molecule is CC(C)(C)N[C@H]1CCCC1C(=O)C1(N)CCCCCCC1. The maximum atomic E-state index is 13.1. The van der Waals surface area contributed by atoms with Crippen LogP contribution in [0, 0.1) is 5.92 Å². The van der Waals surface area contributed by atoms with Crippen LogP contribution in [0.3, 0.4) is 0 Å². The molecule has 122 valence electrons. The van der Waals surface area contributed by atoms with Gasteiger partial charge in [0.25, 0.3) is 0 Å². The van der Waals surface area contributed by atoms with Crippen LogP contribution in [0.15, 0.2) is 0 Å². The van der Waals surface area contributed by atoms with Crippen LogP contribution >= 0.6 is 0 Å². The van der Waals surface area contributed by atoms with Crippen molar-refractivity contribution in [2.24, 2.45) is 11.7 Å². The Bertz CT molecular complexity index is 351. The highest BCUT2D eigenvalue weighted by Crippen LogP contribution is 2.35. The molecule has 2 aliphatic carbocycles. The average Bonchev–Trinajstić information content (AvgIpc) is 2.79. The molecule has 0 bridgehead atoms. The quantitative estimate of drug-likeness (QED) is 0.837. The van der Waals surface area contributed by atoms with E-state index in [0.29, 0.717) is 11.8 Å². The van der Waals surface area contributed by atoms with E-state index in [4.69, 9.17) is 5.73 Å². The van der Waals surface area contributed by atoms with Gasteiger partial charge in [0.1, 0.15) is 0 Å². The number of carbonyl (C=O) groups excluding carboxylic acids is 1. The molecule has 2 atom stereocenters. The number of hydrogen-bond donors (Lipinski definition) is 2. The molecule has 3 heteroatoms. The molecule has 1 unspecified atom stereocenters. The molecule has 2 saturated carbocycles. The first-order valence-electron chi connectivity index (χ1n) is 8.93.